The molecule has 0 aliphatic carbocycles. The van der Waals surface area contributed by atoms with Gasteiger partial charge in [0, 0.05) is 37.7 Å². The van der Waals surface area contributed by atoms with Gasteiger partial charge in [-0.3, -0.25) is 33.6 Å². The summed E-state index contributed by atoms with van der Waals surface area (Å²) in [4.78, 5) is 102. The molecule has 3 aliphatic heterocycles. The predicted molar refractivity (Wildman–Crippen MR) is 273 cm³/mol. The number of nitrogens with one attached hydrogen (secondary N) is 5. The van der Waals surface area contributed by atoms with E-state index in [4.69, 9.17) is 16.2 Å². The summed E-state index contributed by atoms with van der Waals surface area (Å²) in [5.74, 6) is -4.19. The van der Waals surface area contributed by atoms with Crippen LogP contribution in [0, 0.1) is 0 Å². The van der Waals surface area contributed by atoms with Crippen molar-refractivity contribution in [3.8, 4) is 11.5 Å². The van der Waals surface area contributed by atoms with Crippen LogP contribution in [-0.2, 0) is 35.2 Å². The predicted octanol–water partition coefficient (Wildman–Crippen LogP) is 1.39. The molecule has 3 aromatic rings. The molecule has 3 saturated heterocycles. The molecule has 0 bridgehead atoms. The van der Waals surface area contributed by atoms with Gasteiger partial charge in [0.25, 0.3) is 5.91 Å². The summed E-state index contributed by atoms with van der Waals surface area (Å²) in [6, 6.07) is 8.52. The number of rotatable bonds is 17. The van der Waals surface area contributed by atoms with Gasteiger partial charge in [-0.05, 0) is 124 Å². The number of aliphatic hydroxyl groups excluding tert-OH is 2. The first-order chi connectivity index (χ1) is 35.1. The Kier molecular flexibility index (Phi) is 20.8. The van der Waals surface area contributed by atoms with Crippen LogP contribution in [0.1, 0.15) is 113 Å². The molecule has 3 aromatic carbocycles. The number of phenolic OH excluding ortho intramolecular Hbond substituents is 1. The van der Waals surface area contributed by atoms with Crippen molar-refractivity contribution < 1.29 is 53.6 Å². The molecular weight excluding hydrogens is 939 g/mol. The zero-order valence-corrected chi connectivity index (χ0v) is 42.1. The first kappa shape index (κ1) is 56.0. The van der Waals surface area contributed by atoms with Crippen molar-refractivity contribution in [2.75, 3.05) is 32.8 Å². The second-order valence-corrected chi connectivity index (χ2v) is 19.7. The molecule has 7 amide bonds. The fourth-order valence-electron chi connectivity index (χ4n) is 9.72. The molecule has 0 radical (unpaired) electrons. The monoisotopic (exact) mass is 1010 g/mol. The smallest absolute Gasteiger partial charge is 0.251 e. The van der Waals surface area contributed by atoms with Crippen LogP contribution in [0.15, 0.2) is 60.7 Å². The molecule has 2 unspecified atom stereocenters. The Hall–Kier alpha value is -6.35. The molecule has 6 rings (SSSR count). The van der Waals surface area contributed by atoms with E-state index in [1.165, 1.54) is 30.4 Å². The highest BCUT2D eigenvalue weighted by atomic mass is 16.5. The normalized spacial score (nSPS) is 25.2. The molecule has 20 heteroatoms. The Morgan fingerprint density at radius 3 is 2.22 bits per heavy atom. The highest BCUT2D eigenvalue weighted by Gasteiger charge is 2.45. The molecule has 3 heterocycles. The van der Waals surface area contributed by atoms with Crippen LogP contribution >= 0.6 is 0 Å². The second-order valence-electron chi connectivity index (χ2n) is 19.7. The molecule has 0 saturated carbocycles. The number of aryl methyl sites for hydroxylation is 1. The van der Waals surface area contributed by atoms with Gasteiger partial charge in [-0.2, -0.15) is 0 Å². The van der Waals surface area contributed by atoms with Crippen LogP contribution < -0.4 is 42.8 Å². The molecule has 0 aromatic heterocycles. The average Bonchev–Trinajstić information content (AvgIpc) is 3.97. The number of fused-ring (bicyclic) bond motifs is 3. The Morgan fingerprint density at radius 2 is 1.48 bits per heavy atom. The van der Waals surface area contributed by atoms with Gasteiger partial charge in [0.15, 0.2) is 0 Å². The number of aromatic hydroxyl groups is 1. The van der Waals surface area contributed by atoms with Gasteiger partial charge in [0.1, 0.15) is 47.8 Å². The number of phenols is 1. The Bertz CT molecular complexity index is 2390. The highest BCUT2D eigenvalue weighted by molar-refractivity contribution is 6.02. The summed E-state index contributed by atoms with van der Waals surface area (Å²) in [7, 11) is 0. The quantitative estimate of drug-likeness (QED) is 0.0857. The van der Waals surface area contributed by atoms with E-state index >= 15 is 0 Å². The zero-order chi connectivity index (χ0) is 52.6. The number of carbonyl (C=O) groups is 7. The lowest BCUT2D eigenvalue weighted by atomic mass is 10.0. The molecule has 0 spiro atoms. The van der Waals surface area contributed by atoms with Gasteiger partial charge in [-0.15, -0.1) is 0 Å². The molecule has 398 valence electrons. The zero-order valence-electron chi connectivity index (χ0n) is 42.1. The first-order valence-electron chi connectivity index (χ1n) is 25.9. The Labute approximate surface area is 426 Å². The lowest BCUT2D eigenvalue weighted by Crippen LogP contribution is -2.61. The summed E-state index contributed by atoms with van der Waals surface area (Å²) >= 11 is 0. The van der Waals surface area contributed by atoms with Crippen LogP contribution in [-0.4, -0.2) is 154 Å². The van der Waals surface area contributed by atoms with E-state index in [1.54, 1.807) is 30.3 Å². The van der Waals surface area contributed by atoms with Gasteiger partial charge >= 0.3 is 0 Å². The Balaban J connectivity index is 1.28. The fourth-order valence-corrected chi connectivity index (χ4v) is 9.72. The lowest BCUT2D eigenvalue weighted by molar-refractivity contribution is -0.144. The van der Waals surface area contributed by atoms with Crippen LogP contribution in [0.5, 0.6) is 11.5 Å². The van der Waals surface area contributed by atoms with Crippen molar-refractivity contribution in [1.82, 2.24) is 36.4 Å². The minimum Gasteiger partial charge on any atom is -0.508 e. The summed E-state index contributed by atoms with van der Waals surface area (Å²) in [5, 5.41) is 47.1. The van der Waals surface area contributed by atoms with Crippen LogP contribution in [0.2, 0.25) is 0 Å². The number of aliphatic hydroxyl groups is 2. The summed E-state index contributed by atoms with van der Waals surface area (Å²) in [5.41, 5.74) is 13.1. The number of amides is 7. The fraction of sp³-hybridized carbons (Fsp3) is 0.566. The van der Waals surface area contributed by atoms with Gasteiger partial charge in [0.05, 0.1) is 18.8 Å². The summed E-state index contributed by atoms with van der Waals surface area (Å²) < 4.78 is 5.98. The number of nitrogens with zero attached hydrogens (tertiary/aromatic N) is 2. The molecule has 3 fully saturated rings. The summed E-state index contributed by atoms with van der Waals surface area (Å²) in [6.45, 7) is 4.04. The molecule has 73 heavy (non-hydrogen) atoms. The van der Waals surface area contributed by atoms with E-state index in [9.17, 15) is 48.9 Å². The van der Waals surface area contributed by atoms with Gasteiger partial charge < -0.3 is 67.9 Å². The third-order valence-corrected chi connectivity index (χ3v) is 13.9. The van der Waals surface area contributed by atoms with E-state index in [-0.39, 0.29) is 75.9 Å². The number of ether oxygens (including phenoxy) is 1. The van der Waals surface area contributed by atoms with Crippen molar-refractivity contribution in [2.24, 2.45) is 11.5 Å². The highest BCUT2D eigenvalue weighted by Crippen LogP contribution is 2.25. The molecule has 12 N–H and O–H groups in total. The SMILES string of the molecule is CCCCCCCOc1ccc2cc(C(=O)N[C@H]3CCCNC(=O)[C@@H]4C[C@@H](O)CN4C(=O)C(CCCCN)NC(=O)[C@H](CCc4ccc(O)cc4)NC(=O)[C@@H]4C[C@H](N)CN4C(=O)C([C@@H](C)O)NC3=O)ccc2c1. The van der Waals surface area contributed by atoms with Gasteiger partial charge in [-0.25, -0.2) is 0 Å². The first-order valence-corrected chi connectivity index (χ1v) is 25.9. The maximum atomic E-state index is 14.5. The van der Waals surface area contributed by atoms with Crippen LogP contribution in [0.25, 0.3) is 10.8 Å². The number of nitrogens with two attached hydrogens (primary N) is 2. The van der Waals surface area contributed by atoms with Crippen molar-refractivity contribution in [3.63, 3.8) is 0 Å². The van der Waals surface area contributed by atoms with Crippen LogP contribution in [0.3, 0.4) is 0 Å². The van der Waals surface area contributed by atoms with Crippen molar-refractivity contribution in [1.29, 1.82) is 0 Å². The van der Waals surface area contributed by atoms with E-state index < -0.39 is 95.9 Å². The maximum absolute atomic E-state index is 14.5. The minimum atomic E-state index is -1.61. The van der Waals surface area contributed by atoms with E-state index in [0.717, 1.165) is 46.9 Å². The standard InChI is InChI=1S/C53H75N9O11/c1-3-4-5-6-9-25-73-40-21-18-34-26-36(17-16-35(34)27-40)47(66)57-41-12-10-24-56-50(69)45-29-39(65)31-62(45)52(71)43(11-7-8-23-54)59-48(67)42(22-15-33-13-19-38(64)20-14-33)58-51(70)44-28-37(55)30-61(44)53(72)46(32(2)63)60-49(41)68/h13-14,16-21,26-27,32,37,39,41-46,63-65H,3-12,15,22-25,28-31,54-55H2,1-2H3,(H,56,69)(H,57,66)(H,58,70)(H,59,67)(H,60,68)/t32-,37+,39-,41+,42+,43?,44+,45+,46?/m1/s1. The van der Waals surface area contributed by atoms with Crippen molar-refractivity contribution in [2.45, 2.75) is 158 Å². The second kappa shape index (κ2) is 27.1. The minimum absolute atomic E-state index is 0.0140. The largest absolute Gasteiger partial charge is 0.508 e. The lowest BCUT2D eigenvalue weighted by Gasteiger charge is -2.32. The van der Waals surface area contributed by atoms with Crippen molar-refractivity contribution >= 4 is 52.1 Å². The van der Waals surface area contributed by atoms with Crippen LogP contribution in [0.4, 0.5) is 0 Å². The molecule has 3 aliphatic rings. The number of hydrogen-bond donors (Lipinski definition) is 10. The number of benzene rings is 3. The van der Waals surface area contributed by atoms with Crippen molar-refractivity contribution in [3.05, 3.63) is 71.8 Å². The van der Waals surface area contributed by atoms with E-state index in [0.29, 0.717) is 31.7 Å². The van der Waals surface area contributed by atoms with Gasteiger partial charge in [-0.1, -0.05) is 56.9 Å². The third kappa shape index (κ3) is 15.6. The van der Waals surface area contributed by atoms with E-state index in [1.807, 2.05) is 18.2 Å². The average molecular weight is 1010 g/mol. The van der Waals surface area contributed by atoms with E-state index in [2.05, 4.69) is 33.5 Å². The molecular formula is C53H75N9O11. The molecule has 20 nitrogen and oxygen atoms in total. The molecule has 9 atom stereocenters. The topological polar surface area (TPSA) is 308 Å². The van der Waals surface area contributed by atoms with Gasteiger partial charge in [0.2, 0.25) is 35.4 Å². The summed E-state index contributed by atoms with van der Waals surface area (Å²) in [6.07, 6.45) is 4.29. The Morgan fingerprint density at radius 1 is 0.781 bits per heavy atom. The number of carbonyl (C=O) groups excluding carboxylic acids is 7. The number of hydrogen-bond acceptors (Lipinski definition) is 13. The third-order valence-electron chi connectivity index (χ3n) is 13.9. The maximum Gasteiger partial charge on any atom is 0.251 e. The number of unbranched alkanes of at least 4 members (excludes halogenated alkanes) is 5.